The molecule has 0 aromatic heterocycles. The van der Waals surface area contributed by atoms with Crippen molar-refractivity contribution in [1.82, 2.24) is 4.90 Å². The quantitative estimate of drug-likeness (QED) is 0.806. The lowest BCUT2D eigenvalue weighted by atomic mass is 10.0. The van der Waals surface area contributed by atoms with Gasteiger partial charge in [0.05, 0.1) is 13.2 Å². The van der Waals surface area contributed by atoms with Crippen LogP contribution in [0.15, 0.2) is 18.2 Å². The zero-order chi connectivity index (χ0) is 11.8. The molecule has 2 aliphatic rings. The minimum Gasteiger partial charge on any atom is -0.508 e. The SMILES string of the molecule is CC1COCCN1C1CCc2cc(O)ccc21. The predicted octanol–water partition coefficient (Wildman–Crippen LogP) is 2.10. The summed E-state index contributed by atoms with van der Waals surface area (Å²) in [6.45, 7) is 4.93. The number of hydrogen-bond donors (Lipinski definition) is 1. The van der Waals surface area contributed by atoms with Gasteiger partial charge in [0.25, 0.3) is 0 Å². The van der Waals surface area contributed by atoms with Crippen molar-refractivity contribution in [3.63, 3.8) is 0 Å². The van der Waals surface area contributed by atoms with Crippen LogP contribution in [0.3, 0.4) is 0 Å². The van der Waals surface area contributed by atoms with Crippen LogP contribution in [0.2, 0.25) is 0 Å². The second kappa shape index (κ2) is 4.31. The molecule has 0 spiro atoms. The Morgan fingerprint density at radius 2 is 2.29 bits per heavy atom. The van der Waals surface area contributed by atoms with Gasteiger partial charge < -0.3 is 9.84 Å². The Kier molecular flexibility index (Phi) is 2.81. The smallest absolute Gasteiger partial charge is 0.115 e. The summed E-state index contributed by atoms with van der Waals surface area (Å²) in [5.74, 6) is 0.388. The molecular weight excluding hydrogens is 214 g/mol. The molecule has 1 aliphatic carbocycles. The van der Waals surface area contributed by atoms with Gasteiger partial charge >= 0.3 is 0 Å². The number of aryl methyl sites for hydroxylation is 1. The first-order valence-electron chi connectivity index (χ1n) is 6.41. The zero-order valence-electron chi connectivity index (χ0n) is 10.2. The van der Waals surface area contributed by atoms with Gasteiger partial charge in [0.1, 0.15) is 5.75 Å². The van der Waals surface area contributed by atoms with Crippen LogP contribution in [0.5, 0.6) is 5.75 Å². The molecule has 0 saturated carbocycles. The molecule has 17 heavy (non-hydrogen) atoms. The van der Waals surface area contributed by atoms with Gasteiger partial charge in [0, 0.05) is 18.6 Å². The van der Waals surface area contributed by atoms with Crippen molar-refractivity contribution in [3.05, 3.63) is 29.3 Å². The van der Waals surface area contributed by atoms with Crippen LogP contribution in [0, 0.1) is 0 Å². The fourth-order valence-corrected chi connectivity index (χ4v) is 3.13. The summed E-state index contributed by atoms with van der Waals surface area (Å²) in [5.41, 5.74) is 2.71. The number of phenols is 1. The van der Waals surface area contributed by atoms with Crippen molar-refractivity contribution >= 4 is 0 Å². The highest BCUT2D eigenvalue weighted by Gasteiger charge is 2.32. The number of benzene rings is 1. The molecule has 1 fully saturated rings. The molecule has 1 N–H and O–H groups in total. The average molecular weight is 233 g/mol. The third-order valence-corrected chi connectivity index (χ3v) is 3.99. The maximum absolute atomic E-state index is 9.51. The molecule has 0 amide bonds. The van der Waals surface area contributed by atoms with E-state index in [1.807, 2.05) is 12.1 Å². The highest BCUT2D eigenvalue weighted by molar-refractivity contribution is 5.40. The van der Waals surface area contributed by atoms with Crippen LogP contribution in [-0.2, 0) is 11.2 Å². The Labute approximate surface area is 102 Å². The van der Waals surface area contributed by atoms with Gasteiger partial charge in [-0.3, -0.25) is 4.90 Å². The standard InChI is InChI=1S/C14H19NO2/c1-10-9-17-7-6-15(10)14-5-2-11-8-12(16)3-4-13(11)14/h3-4,8,10,14,16H,2,5-7,9H2,1H3. The Balaban J connectivity index is 1.87. The lowest BCUT2D eigenvalue weighted by Gasteiger charge is -2.38. The van der Waals surface area contributed by atoms with Gasteiger partial charge in [-0.2, -0.15) is 0 Å². The largest absolute Gasteiger partial charge is 0.508 e. The number of ether oxygens (including phenoxy) is 1. The van der Waals surface area contributed by atoms with Crippen molar-refractivity contribution < 1.29 is 9.84 Å². The molecule has 2 atom stereocenters. The summed E-state index contributed by atoms with van der Waals surface area (Å²) in [4.78, 5) is 2.55. The maximum Gasteiger partial charge on any atom is 0.115 e. The fraction of sp³-hybridized carbons (Fsp3) is 0.571. The van der Waals surface area contributed by atoms with E-state index in [1.165, 1.54) is 17.5 Å². The van der Waals surface area contributed by atoms with E-state index >= 15 is 0 Å². The highest BCUT2D eigenvalue weighted by Crippen LogP contribution is 2.38. The molecular formula is C14H19NO2. The summed E-state index contributed by atoms with van der Waals surface area (Å²) in [6.07, 6.45) is 2.25. The number of fused-ring (bicyclic) bond motifs is 1. The molecule has 0 bridgehead atoms. The molecule has 1 aromatic carbocycles. The maximum atomic E-state index is 9.51. The second-order valence-electron chi connectivity index (χ2n) is 5.10. The van der Waals surface area contributed by atoms with Crippen LogP contribution in [0.1, 0.15) is 30.5 Å². The third-order valence-electron chi connectivity index (χ3n) is 3.99. The van der Waals surface area contributed by atoms with Crippen molar-refractivity contribution in [3.8, 4) is 5.75 Å². The third kappa shape index (κ3) is 1.94. The van der Waals surface area contributed by atoms with Gasteiger partial charge in [-0.25, -0.2) is 0 Å². The Morgan fingerprint density at radius 3 is 3.12 bits per heavy atom. The van der Waals surface area contributed by atoms with E-state index < -0.39 is 0 Å². The zero-order valence-corrected chi connectivity index (χ0v) is 10.2. The van der Waals surface area contributed by atoms with Gasteiger partial charge in [-0.15, -0.1) is 0 Å². The molecule has 1 heterocycles. The molecule has 1 aliphatic heterocycles. The minimum atomic E-state index is 0.388. The number of rotatable bonds is 1. The Bertz CT molecular complexity index is 419. The highest BCUT2D eigenvalue weighted by atomic mass is 16.5. The molecule has 2 unspecified atom stereocenters. The normalized spacial score (nSPS) is 29.2. The molecule has 0 radical (unpaired) electrons. The van der Waals surface area contributed by atoms with Gasteiger partial charge in [-0.05, 0) is 43.0 Å². The first kappa shape index (κ1) is 11.1. The van der Waals surface area contributed by atoms with Crippen molar-refractivity contribution in [1.29, 1.82) is 0 Å². The van der Waals surface area contributed by atoms with Gasteiger partial charge in [-0.1, -0.05) is 6.07 Å². The molecule has 3 heteroatoms. The minimum absolute atomic E-state index is 0.388. The van der Waals surface area contributed by atoms with E-state index in [-0.39, 0.29) is 0 Å². The molecule has 1 aromatic rings. The fourth-order valence-electron chi connectivity index (χ4n) is 3.13. The first-order chi connectivity index (χ1) is 8.25. The Morgan fingerprint density at radius 1 is 1.41 bits per heavy atom. The van der Waals surface area contributed by atoms with Gasteiger partial charge in [0.2, 0.25) is 0 Å². The second-order valence-corrected chi connectivity index (χ2v) is 5.10. The summed E-state index contributed by atoms with van der Waals surface area (Å²) in [7, 11) is 0. The van der Waals surface area contributed by atoms with Crippen LogP contribution in [0.4, 0.5) is 0 Å². The van der Waals surface area contributed by atoms with E-state index in [1.54, 1.807) is 0 Å². The number of morpholine rings is 1. The van der Waals surface area contributed by atoms with E-state index in [0.717, 1.165) is 26.2 Å². The first-order valence-corrected chi connectivity index (χ1v) is 6.41. The topological polar surface area (TPSA) is 32.7 Å². The van der Waals surface area contributed by atoms with E-state index in [9.17, 15) is 5.11 Å². The van der Waals surface area contributed by atoms with Crippen LogP contribution in [0.25, 0.3) is 0 Å². The summed E-state index contributed by atoms with van der Waals surface area (Å²) in [5, 5.41) is 9.51. The summed E-state index contributed by atoms with van der Waals surface area (Å²) >= 11 is 0. The molecule has 92 valence electrons. The van der Waals surface area contributed by atoms with Crippen LogP contribution < -0.4 is 0 Å². The van der Waals surface area contributed by atoms with Crippen molar-refractivity contribution in [2.75, 3.05) is 19.8 Å². The van der Waals surface area contributed by atoms with E-state index in [4.69, 9.17) is 4.74 Å². The van der Waals surface area contributed by atoms with Crippen molar-refractivity contribution in [2.24, 2.45) is 0 Å². The average Bonchev–Trinajstić information content (AvgIpc) is 2.72. The molecule has 3 rings (SSSR count). The lowest BCUT2D eigenvalue weighted by Crippen LogP contribution is -2.45. The monoisotopic (exact) mass is 233 g/mol. The Hall–Kier alpha value is -1.06. The number of nitrogens with zero attached hydrogens (tertiary/aromatic N) is 1. The van der Waals surface area contributed by atoms with Crippen LogP contribution in [-0.4, -0.2) is 35.8 Å². The number of hydrogen-bond acceptors (Lipinski definition) is 3. The van der Waals surface area contributed by atoms with E-state index in [2.05, 4.69) is 17.9 Å². The molecule has 3 nitrogen and oxygen atoms in total. The number of aromatic hydroxyl groups is 1. The van der Waals surface area contributed by atoms with Crippen LogP contribution >= 0.6 is 0 Å². The molecule has 1 saturated heterocycles. The van der Waals surface area contributed by atoms with Crippen molar-refractivity contribution in [2.45, 2.75) is 31.8 Å². The lowest BCUT2D eigenvalue weighted by molar-refractivity contribution is -0.0223. The predicted molar refractivity (Wildman–Crippen MR) is 66.2 cm³/mol. The summed E-state index contributed by atoms with van der Waals surface area (Å²) < 4.78 is 5.50. The summed E-state index contributed by atoms with van der Waals surface area (Å²) in [6, 6.07) is 6.82. The van der Waals surface area contributed by atoms with Gasteiger partial charge in [0.15, 0.2) is 0 Å². The van der Waals surface area contributed by atoms with E-state index in [0.29, 0.717) is 17.8 Å². The number of phenolic OH excluding ortho intramolecular Hbond substituents is 1.